The summed E-state index contributed by atoms with van der Waals surface area (Å²) >= 11 is 0. The third-order valence-corrected chi connectivity index (χ3v) is 1.12. The second kappa shape index (κ2) is 7.51. The van der Waals surface area contributed by atoms with Crippen LogP contribution in [0.4, 0.5) is 0 Å². The SMILES string of the molecule is NCCC(=O)OCCOC(=O)CN. The van der Waals surface area contributed by atoms with Gasteiger partial charge in [-0.05, 0) is 0 Å². The van der Waals surface area contributed by atoms with Crippen LogP contribution in [0.2, 0.25) is 0 Å². The first-order valence-electron chi connectivity index (χ1n) is 3.92. The molecule has 0 fully saturated rings. The molecule has 76 valence electrons. The Morgan fingerprint density at radius 2 is 1.54 bits per heavy atom. The van der Waals surface area contributed by atoms with Crippen LogP contribution in [0.3, 0.4) is 0 Å². The van der Waals surface area contributed by atoms with Crippen molar-refractivity contribution in [3.8, 4) is 0 Å². The highest BCUT2D eigenvalue weighted by Gasteiger charge is 2.01. The smallest absolute Gasteiger partial charge is 0.319 e. The minimum atomic E-state index is -0.519. The third kappa shape index (κ3) is 7.23. The summed E-state index contributed by atoms with van der Waals surface area (Å²) in [6.07, 6.45) is 0.171. The molecule has 0 aliphatic heterocycles. The Bertz CT molecular complexity index is 172. The number of hydrogen-bond donors (Lipinski definition) is 2. The molecular weight excluding hydrogens is 176 g/mol. The van der Waals surface area contributed by atoms with Crippen LogP contribution in [0, 0.1) is 0 Å². The second-order valence-corrected chi connectivity index (χ2v) is 2.18. The lowest BCUT2D eigenvalue weighted by molar-refractivity contribution is -0.151. The molecule has 0 saturated heterocycles. The van der Waals surface area contributed by atoms with Crippen molar-refractivity contribution in [1.29, 1.82) is 0 Å². The van der Waals surface area contributed by atoms with Gasteiger partial charge in [0.2, 0.25) is 0 Å². The number of ether oxygens (including phenoxy) is 2. The van der Waals surface area contributed by atoms with E-state index in [-0.39, 0.29) is 32.7 Å². The Morgan fingerprint density at radius 3 is 2.00 bits per heavy atom. The van der Waals surface area contributed by atoms with Crippen molar-refractivity contribution in [3.05, 3.63) is 0 Å². The summed E-state index contributed by atoms with van der Waals surface area (Å²) in [5, 5.41) is 0. The summed E-state index contributed by atoms with van der Waals surface area (Å²) in [5.74, 6) is -0.916. The van der Waals surface area contributed by atoms with Crippen LogP contribution >= 0.6 is 0 Å². The highest BCUT2D eigenvalue weighted by atomic mass is 16.6. The molecule has 0 bridgehead atoms. The molecular formula is C7H14N2O4. The number of hydrogen-bond acceptors (Lipinski definition) is 6. The van der Waals surface area contributed by atoms with E-state index in [0.717, 1.165) is 0 Å². The fourth-order valence-electron chi connectivity index (χ4n) is 0.560. The molecule has 6 heteroatoms. The largest absolute Gasteiger partial charge is 0.462 e. The molecule has 0 aromatic heterocycles. The highest BCUT2D eigenvalue weighted by molar-refractivity contribution is 5.71. The van der Waals surface area contributed by atoms with Crippen LogP contribution in [0.25, 0.3) is 0 Å². The summed E-state index contributed by atoms with van der Waals surface area (Å²) in [6, 6.07) is 0. The number of nitrogens with two attached hydrogens (primary N) is 2. The Hall–Kier alpha value is -1.14. The quantitative estimate of drug-likeness (QED) is 0.385. The Labute approximate surface area is 76.2 Å². The van der Waals surface area contributed by atoms with Crippen LogP contribution in [0.1, 0.15) is 6.42 Å². The van der Waals surface area contributed by atoms with Gasteiger partial charge in [0.05, 0.1) is 13.0 Å². The molecule has 0 aliphatic rings. The molecule has 0 spiro atoms. The zero-order chi connectivity index (χ0) is 10.1. The van der Waals surface area contributed by atoms with Crippen molar-refractivity contribution in [2.24, 2.45) is 11.5 Å². The lowest BCUT2D eigenvalue weighted by atomic mass is 10.4. The minimum absolute atomic E-state index is 0.0341. The first-order chi connectivity index (χ1) is 6.20. The molecule has 0 atom stereocenters. The van der Waals surface area contributed by atoms with Gasteiger partial charge in [-0.15, -0.1) is 0 Å². The van der Waals surface area contributed by atoms with Crippen molar-refractivity contribution >= 4 is 11.9 Å². The maximum atomic E-state index is 10.7. The fourth-order valence-corrected chi connectivity index (χ4v) is 0.560. The van der Waals surface area contributed by atoms with Crippen molar-refractivity contribution in [2.75, 3.05) is 26.3 Å². The van der Waals surface area contributed by atoms with Crippen LogP contribution < -0.4 is 11.5 Å². The lowest BCUT2D eigenvalue weighted by Gasteiger charge is -2.04. The molecule has 0 saturated carbocycles. The molecule has 4 N–H and O–H groups in total. The van der Waals surface area contributed by atoms with E-state index in [0.29, 0.717) is 0 Å². The zero-order valence-electron chi connectivity index (χ0n) is 7.32. The molecule has 13 heavy (non-hydrogen) atoms. The number of esters is 2. The second-order valence-electron chi connectivity index (χ2n) is 2.18. The highest BCUT2D eigenvalue weighted by Crippen LogP contribution is 1.84. The predicted molar refractivity (Wildman–Crippen MR) is 44.6 cm³/mol. The molecule has 0 aromatic carbocycles. The summed E-state index contributed by atoms with van der Waals surface area (Å²) in [6.45, 7) is 0.162. The van der Waals surface area contributed by atoms with Gasteiger partial charge < -0.3 is 20.9 Å². The molecule has 0 rings (SSSR count). The van der Waals surface area contributed by atoms with E-state index in [4.69, 9.17) is 11.5 Å². The fraction of sp³-hybridized carbons (Fsp3) is 0.714. The lowest BCUT2D eigenvalue weighted by Crippen LogP contribution is -2.20. The van der Waals surface area contributed by atoms with Gasteiger partial charge in [-0.3, -0.25) is 9.59 Å². The first kappa shape index (κ1) is 11.9. The summed E-state index contributed by atoms with van der Waals surface area (Å²) in [7, 11) is 0. The molecule has 0 radical (unpaired) electrons. The van der Waals surface area contributed by atoms with Gasteiger partial charge in [-0.1, -0.05) is 0 Å². The van der Waals surface area contributed by atoms with Gasteiger partial charge in [0.1, 0.15) is 13.2 Å². The molecule has 0 aromatic rings. The van der Waals surface area contributed by atoms with E-state index in [1.807, 2.05) is 0 Å². The van der Waals surface area contributed by atoms with Crippen LogP contribution in [0.5, 0.6) is 0 Å². The zero-order valence-corrected chi connectivity index (χ0v) is 7.32. The van der Waals surface area contributed by atoms with Gasteiger partial charge in [0.25, 0.3) is 0 Å². The van der Waals surface area contributed by atoms with Gasteiger partial charge in [0.15, 0.2) is 0 Å². The topological polar surface area (TPSA) is 105 Å². The third-order valence-electron chi connectivity index (χ3n) is 1.12. The molecule has 6 nitrogen and oxygen atoms in total. The van der Waals surface area contributed by atoms with Crippen LogP contribution in [-0.4, -0.2) is 38.2 Å². The monoisotopic (exact) mass is 190 g/mol. The van der Waals surface area contributed by atoms with E-state index in [2.05, 4.69) is 9.47 Å². The van der Waals surface area contributed by atoms with Crippen molar-refractivity contribution in [3.63, 3.8) is 0 Å². The van der Waals surface area contributed by atoms with Crippen LogP contribution in [0.15, 0.2) is 0 Å². The molecule has 0 aliphatic carbocycles. The van der Waals surface area contributed by atoms with Crippen molar-refractivity contribution < 1.29 is 19.1 Å². The first-order valence-corrected chi connectivity index (χ1v) is 3.92. The van der Waals surface area contributed by atoms with Gasteiger partial charge in [-0.2, -0.15) is 0 Å². The maximum Gasteiger partial charge on any atom is 0.319 e. The van der Waals surface area contributed by atoms with E-state index in [1.165, 1.54) is 0 Å². The van der Waals surface area contributed by atoms with Crippen LogP contribution in [-0.2, 0) is 19.1 Å². The molecule has 0 heterocycles. The van der Waals surface area contributed by atoms with Gasteiger partial charge in [0, 0.05) is 6.54 Å². The minimum Gasteiger partial charge on any atom is -0.462 e. The predicted octanol–water partition coefficient (Wildman–Crippen LogP) is -1.62. The summed E-state index contributed by atoms with van der Waals surface area (Å²) < 4.78 is 9.19. The number of rotatable bonds is 6. The summed E-state index contributed by atoms with van der Waals surface area (Å²) in [5.41, 5.74) is 10.1. The maximum absolute atomic E-state index is 10.7. The van der Waals surface area contributed by atoms with Crippen molar-refractivity contribution in [1.82, 2.24) is 0 Å². The Morgan fingerprint density at radius 1 is 1.00 bits per heavy atom. The Kier molecular flexibility index (Phi) is 6.85. The van der Waals surface area contributed by atoms with Gasteiger partial charge >= 0.3 is 11.9 Å². The normalized spacial score (nSPS) is 9.38. The van der Waals surface area contributed by atoms with E-state index < -0.39 is 11.9 Å². The van der Waals surface area contributed by atoms with Crippen molar-refractivity contribution in [2.45, 2.75) is 6.42 Å². The van der Waals surface area contributed by atoms with Gasteiger partial charge in [-0.25, -0.2) is 0 Å². The summed E-state index contributed by atoms with van der Waals surface area (Å²) in [4.78, 5) is 21.2. The number of carbonyl (C=O) groups excluding carboxylic acids is 2. The molecule has 0 amide bonds. The number of carbonyl (C=O) groups is 2. The average Bonchev–Trinajstić information content (AvgIpc) is 2.12. The standard InChI is InChI=1S/C7H14N2O4/c8-2-1-6(10)12-3-4-13-7(11)5-9/h1-5,8-9H2. The van der Waals surface area contributed by atoms with E-state index in [9.17, 15) is 9.59 Å². The van der Waals surface area contributed by atoms with E-state index in [1.54, 1.807) is 0 Å². The Balaban J connectivity index is 3.25. The average molecular weight is 190 g/mol. The molecule has 0 unspecified atom stereocenters. The van der Waals surface area contributed by atoms with E-state index >= 15 is 0 Å².